The van der Waals surface area contributed by atoms with E-state index in [9.17, 15) is 22.8 Å². The molecule has 5 rings (SSSR count). The highest BCUT2D eigenvalue weighted by Crippen LogP contribution is 2.54. The van der Waals surface area contributed by atoms with Gasteiger partial charge in [-0.3, -0.25) is 9.59 Å². The van der Waals surface area contributed by atoms with Gasteiger partial charge in [-0.2, -0.15) is 13.2 Å². The molecule has 1 heterocycles. The molecule has 2 aliphatic carbocycles. The van der Waals surface area contributed by atoms with E-state index in [1.165, 1.54) is 12.1 Å². The van der Waals surface area contributed by atoms with E-state index in [2.05, 4.69) is 5.32 Å². The molecule has 1 saturated carbocycles. The number of rotatable bonds is 2. The Hall–Kier alpha value is -2.71. The number of carbonyl (C=O) groups is 2. The van der Waals surface area contributed by atoms with Crippen LogP contribution in [0.25, 0.3) is 0 Å². The van der Waals surface area contributed by atoms with Gasteiger partial charge >= 0.3 is 6.18 Å². The average molecular weight is 445 g/mol. The van der Waals surface area contributed by atoms with Crippen LogP contribution in [0.1, 0.15) is 53.2 Å². The number of hydrogen-bond acceptors (Lipinski definition) is 5. The van der Waals surface area contributed by atoms with Crippen molar-refractivity contribution in [3.05, 3.63) is 65.2 Å². The number of benzene rings is 2. The minimum absolute atomic E-state index is 0.0977. The molecule has 1 aliphatic heterocycles. The first-order valence-electron chi connectivity index (χ1n) is 10.6. The fourth-order valence-electron chi connectivity index (χ4n) is 5.26. The first-order valence-corrected chi connectivity index (χ1v) is 10.6. The van der Waals surface area contributed by atoms with Crippen LogP contribution >= 0.6 is 0 Å². The highest BCUT2D eigenvalue weighted by molar-refractivity contribution is 6.19. The van der Waals surface area contributed by atoms with Crippen LogP contribution in [0.15, 0.2) is 48.5 Å². The summed E-state index contributed by atoms with van der Waals surface area (Å²) in [5.41, 5.74) is -0.972. The first kappa shape index (κ1) is 21.2. The lowest BCUT2D eigenvalue weighted by Gasteiger charge is -2.34. The Bertz CT molecular complexity index is 1080. The number of hydrogen-bond donors (Lipinski definition) is 1. The molecule has 2 fully saturated rings. The summed E-state index contributed by atoms with van der Waals surface area (Å²) in [5.74, 6) is -1.41. The molecule has 1 saturated heterocycles. The van der Waals surface area contributed by atoms with Crippen molar-refractivity contribution in [1.82, 2.24) is 0 Å². The third kappa shape index (κ3) is 3.24. The lowest BCUT2D eigenvalue weighted by atomic mass is 9.72. The molecule has 1 N–H and O–H groups in total. The molecule has 32 heavy (non-hydrogen) atoms. The molecule has 8 heteroatoms. The van der Waals surface area contributed by atoms with Gasteiger partial charge in [-0.25, -0.2) is 0 Å². The molecule has 3 aliphatic rings. The summed E-state index contributed by atoms with van der Waals surface area (Å²) in [4.78, 5) is 27.2. The van der Waals surface area contributed by atoms with Gasteiger partial charge in [0.15, 0.2) is 11.6 Å². The fourth-order valence-corrected chi connectivity index (χ4v) is 5.26. The molecule has 2 spiro atoms. The molecule has 0 radical (unpaired) electrons. The Balaban J connectivity index is 1.57. The molecule has 168 valence electrons. The molecule has 5 nitrogen and oxygen atoms in total. The summed E-state index contributed by atoms with van der Waals surface area (Å²) < 4.78 is 51.4. The van der Waals surface area contributed by atoms with Crippen LogP contribution in [0.4, 0.5) is 18.9 Å². The van der Waals surface area contributed by atoms with Crippen LogP contribution < -0.4 is 5.32 Å². The maximum atomic E-state index is 13.6. The molecular weight excluding hydrogens is 423 g/mol. The first-order chi connectivity index (χ1) is 15.3. The number of anilines is 1. The van der Waals surface area contributed by atoms with Crippen molar-refractivity contribution in [3.63, 3.8) is 0 Å². The fraction of sp³-hybridized carbons (Fsp3) is 0.417. The number of ether oxygens (including phenoxy) is 2. The number of halogens is 3. The average Bonchev–Trinajstić information content (AvgIpc) is 3.29. The molecule has 2 aromatic rings. The van der Waals surface area contributed by atoms with Gasteiger partial charge in [-0.15, -0.1) is 0 Å². The summed E-state index contributed by atoms with van der Waals surface area (Å²) in [5, 5.41) is 3.11. The van der Waals surface area contributed by atoms with E-state index < -0.39 is 29.0 Å². The standard InChI is InChI=1S/C24H22F3NO4/c25-24(26,27)15-4-3-5-16(14-15)28-20-17-6-1-2-7-18(17)21(30)23(20)11-10-22(9-8-19(23)29)31-12-13-32-22/h1-7,14,20,28H,8-13H2/t20-,23-/m1/s1. The van der Waals surface area contributed by atoms with E-state index in [1.807, 2.05) is 0 Å². The van der Waals surface area contributed by atoms with Gasteiger partial charge < -0.3 is 14.8 Å². The van der Waals surface area contributed by atoms with Crippen LogP contribution in [0.3, 0.4) is 0 Å². The zero-order valence-electron chi connectivity index (χ0n) is 17.2. The van der Waals surface area contributed by atoms with E-state index in [1.54, 1.807) is 24.3 Å². The number of carbonyl (C=O) groups excluding carboxylic acids is 2. The van der Waals surface area contributed by atoms with Crippen molar-refractivity contribution < 1.29 is 32.2 Å². The molecular formula is C24H22F3NO4. The van der Waals surface area contributed by atoms with Crippen molar-refractivity contribution in [2.45, 2.75) is 43.7 Å². The maximum Gasteiger partial charge on any atom is 0.416 e. The van der Waals surface area contributed by atoms with Crippen molar-refractivity contribution >= 4 is 17.3 Å². The number of fused-ring (bicyclic) bond motifs is 1. The van der Waals surface area contributed by atoms with Crippen molar-refractivity contribution in [3.8, 4) is 0 Å². The Labute approximate surface area is 182 Å². The van der Waals surface area contributed by atoms with E-state index in [-0.39, 0.29) is 30.1 Å². The smallest absolute Gasteiger partial charge is 0.377 e. The van der Waals surface area contributed by atoms with Crippen molar-refractivity contribution in [2.24, 2.45) is 5.41 Å². The van der Waals surface area contributed by atoms with Crippen LogP contribution in [0.2, 0.25) is 0 Å². The number of Topliss-reactive ketones (excluding diaryl/α,β-unsaturated/α-hetero) is 2. The second-order valence-electron chi connectivity index (χ2n) is 8.57. The van der Waals surface area contributed by atoms with E-state index in [0.29, 0.717) is 37.2 Å². The van der Waals surface area contributed by atoms with Crippen LogP contribution in [0.5, 0.6) is 0 Å². The van der Waals surface area contributed by atoms with Crippen molar-refractivity contribution in [1.29, 1.82) is 0 Å². The summed E-state index contributed by atoms with van der Waals surface area (Å²) >= 11 is 0. The Morgan fingerprint density at radius 2 is 1.69 bits per heavy atom. The van der Waals surface area contributed by atoms with E-state index in [4.69, 9.17) is 9.47 Å². The molecule has 2 aromatic carbocycles. The van der Waals surface area contributed by atoms with Gasteiger partial charge in [0.25, 0.3) is 0 Å². The monoisotopic (exact) mass is 445 g/mol. The van der Waals surface area contributed by atoms with Crippen LogP contribution in [-0.2, 0) is 20.4 Å². The zero-order chi connectivity index (χ0) is 22.6. The minimum atomic E-state index is -4.50. The highest BCUT2D eigenvalue weighted by atomic mass is 19.4. The molecule has 0 bridgehead atoms. The van der Waals surface area contributed by atoms with Gasteiger partial charge in [0.2, 0.25) is 0 Å². The maximum absolute atomic E-state index is 13.6. The van der Waals surface area contributed by atoms with Gasteiger partial charge in [0.1, 0.15) is 11.2 Å². The number of alkyl halides is 3. The molecule has 0 amide bonds. The molecule has 0 aromatic heterocycles. The van der Waals surface area contributed by atoms with Crippen LogP contribution in [-0.4, -0.2) is 30.6 Å². The van der Waals surface area contributed by atoms with Crippen molar-refractivity contribution in [2.75, 3.05) is 18.5 Å². The van der Waals surface area contributed by atoms with E-state index >= 15 is 0 Å². The number of ketones is 2. The largest absolute Gasteiger partial charge is 0.416 e. The molecule has 2 atom stereocenters. The van der Waals surface area contributed by atoms with Crippen LogP contribution in [0, 0.1) is 5.41 Å². The predicted octanol–water partition coefficient (Wildman–Crippen LogP) is 4.93. The number of nitrogens with one attached hydrogen (secondary N) is 1. The Morgan fingerprint density at radius 1 is 0.938 bits per heavy atom. The molecule has 0 unspecified atom stereocenters. The second-order valence-corrected chi connectivity index (χ2v) is 8.57. The van der Waals surface area contributed by atoms with Gasteiger partial charge in [-0.05, 0) is 30.2 Å². The summed E-state index contributed by atoms with van der Waals surface area (Å²) in [6, 6.07) is 11.0. The lowest BCUT2D eigenvalue weighted by molar-refractivity contribution is -0.166. The third-order valence-electron chi connectivity index (χ3n) is 6.86. The topological polar surface area (TPSA) is 64.6 Å². The summed E-state index contributed by atoms with van der Waals surface area (Å²) in [7, 11) is 0. The van der Waals surface area contributed by atoms with Gasteiger partial charge in [-0.1, -0.05) is 30.3 Å². The van der Waals surface area contributed by atoms with E-state index in [0.717, 1.165) is 12.1 Å². The summed E-state index contributed by atoms with van der Waals surface area (Å²) in [6.07, 6.45) is -3.50. The second kappa shape index (κ2) is 7.42. The lowest BCUT2D eigenvalue weighted by Crippen LogP contribution is -2.42. The summed E-state index contributed by atoms with van der Waals surface area (Å²) in [6.45, 7) is 0.864. The third-order valence-corrected chi connectivity index (χ3v) is 6.86. The highest BCUT2D eigenvalue weighted by Gasteiger charge is 2.60. The minimum Gasteiger partial charge on any atom is -0.377 e. The normalized spacial score (nSPS) is 27.0. The van der Waals surface area contributed by atoms with Gasteiger partial charge in [0, 0.05) is 30.5 Å². The Morgan fingerprint density at radius 3 is 2.44 bits per heavy atom. The SMILES string of the molecule is O=C1CCC2(CC[C@@]13C(=O)c1ccccc1[C@H]3Nc1cccc(C(F)(F)F)c1)OCCO2. The predicted molar refractivity (Wildman–Crippen MR) is 109 cm³/mol. The quantitative estimate of drug-likeness (QED) is 0.665. The zero-order valence-corrected chi connectivity index (χ0v) is 17.2. The van der Waals surface area contributed by atoms with Gasteiger partial charge in [0.05, 0.1) is 24.8 Å². The Kier molecular flexibility index (Phi) is 4.90.